The van der Waals surface area contributed by atoms with E-state index in [-0.39, 0.29) is 12.5 Å². The number of aryl methyl sites for hydroxylation is 3. The molecule has 0 aliphatic carbocycles. The smallest absolute Gasteiger partial charge is 0.243 e. The topological polar surface area (TPSA) is 80.0 Å². The number of hydrogen-bond donors (Lipinski definition) is 2. The Bertz CT molecular complexity index is 1140. The monoisotopic (exact) mass is 360 g/mol. The molecule has 0 bridgehead atoms. The minimum absolute atomic E-state index is 0.0793. The summed E-state index contributed by atoms with van der Waals surface area (Å²) in [6, 6.07) is 11.8. The number of para-hydroxylation sites is 1. The van der Waals surface area contributed by atoms with Gasteiger partial charge in [-0.15, -0.1) is 0 Å². The molecule has 0 saturated carbocycles. The number of carbonyl (C=O) groups is 1. The number of benzene rings is 2. The summed E-state index contributed by atoms with van der Waals surface area (Å²) in [5, 5.41) is 6.96. The molecule has 0 unspecified atom stereocenters. The largest absolute Gasteiger partial charge is 0.450 e. The summed E-state index contributed by atoms with van der Waals surface area (Å²) in [6.07, 6.45) is 1.47. The highest BCUT2D eigenvalue weighted by atomic mass is 16.3. The Labute approximate surface area is 156 Å². The van der Waals surface area contributed by atoms with E-state index in [1.165, 1.54) is 11.9 Å². The first kappa shape index (κ1) is 17.0. The molecular formula is C21H20N4O2. The van der Waals surface area contributed by atoms with Gasteiger partial charge in [0.2, 0.25) is 5.91 Å². The van der Waals surface area contributed by atoms with E-state index in [2.05, 4.69) is 32.7 Å². The van der Waals surface area contributed by atoms with Gasteiger partial charge in [0, 0.05) is 11.1 Å². The standard InChI is InChI=1S/C21H20N4O2/c1-12-8-13(2)18(14(3)9-12)25-17(26)10-22-21-20-19(23-11-24-21)15-6-4-5-7-16(15)27-20/h4-9,11H,10H2,1-3H3,(H,25,26)(H,22,23,24). The molecule has 4 aromatic rings. The van der Waals surface area contributed by atoms with E-state index in [1.807, 2.05) is 45.0 Å². The number of aromatic nitrogens is 2. The van der Waals surface area contributed by atoms with Crippen molar-refractivity contribution in [3.8, 4) is 0 Å². The summed E-state index contributed by atoms with van der Waals surface area (Å²) in [6.45, 7) is 6.10. The van der Waals surface area contributed by atoms with Crippen LogP contribution < -0.4 is 10.6 Å². The van der Waals surface area contributed by atoms with Crippen LogP contribution in [0.2, 0.25) is 0 Å². The zero-order valence-corrected chi connectivity index (χ0v) is 15.5. The molecule has 2 aromatic carbocycles. The number of anilines is 2. The summed E-state index contributed by atoms with van der Waals surface area (Å²) in [7, 11) is 0. The van der Waals surface area contributed by atoms with Crippen LogP contribution in [0.25, 0.3) is 22.1 Å². The lowest BCUT2D eigenvalue weighted by Gasteiger charge is -2.13. The molecule has 6 heteroatoms. The van der Waals surface area contributed by atoms with Crippen LogP contribution in [0.3, 0.4) is 0 Å². The van der Waals surface area contributed by atoms with Gasteiger partial charge < -0.3 is 15.1 Å². The summed E-state index contributed by atoms with van der Waals surface area (Å²) < 4.78 is 5.87. The third-order valence-electron chi connectivity index (χ3n) is 4.52. The van der Waals surface area contributed by atoms with E-state index < -0.39 is 0 Å². The molecule has 136 valence electrons. The predicted octanol–water partition coefficient (Wildman–Crippen LogP) is 4.35. The Kier molecular flexibility index (Phi) is 4.24. The van der Waals surface area contributed by atoms with Crippen molar-refractivity contribution in [3.05, 3.63) is 59.4 Å². The second-order valence-corrected chi connectivity index (χ2v) is 6.67. The normalized spacial score (nSPS) is 11.1. The minimum Gasteiger partial charge on any atom is -0.450 e. The highest BCUT2D eigenvalue weighted by molar-refractivity contribution is 6.06. The van der Waals surface area contributed by atoms with Crippen LogP contribution in [0.4, 0.5) is 11.5 Å². The number of nitrogens with zero attached hydrogens (tertiary/aromatic N) is 2. The number of carbonyl (C=O) groups excluding carboxylic acids is 1. The molecule has 6 nitrogen and oxygen atoms in total. The molecule has 0 radical (unpaired) electrons. The van der Waals surface area contributed by atoms with Crippen LogP contribution in [-0.4, -0.2) is 22.4 Å². The average Bonchev–Trinajstić information content (AvgIpc) is 3.02. The molecule has 0 aliphatic heterocycles. The van der Waals surface area contributed by atoms with Gasteiger partial charge >= 0.3 is 0 Å². The third kappa shape index (κ3) is 3.21. The van der Waals surface area contributed by atoms with Crippen molar-refractivity contribution in [2.75, 3.05) is 17.2 Å². The lowest BCUT2D eigenvalue weighted by Crippen LogP contribution is -2.23. The van der Waals surface area contributed by atoms with Crippen LogP contribution in [0.15, 0.2) is 47.1 Å². The van der Waals surface area contributed by atoms with E-state index >= 15 is 0 Å². The number of rotatable bonds is 4. The molecule has 0 saturated heterocycles. The van der Waals surface area contributed by atoms with Crippen LogP contribution in [0, 0.1) is 20.8 Å². The van der Waals surface area contributed by atoms with Gasteiger partial charge in [-0.1, -0.05) is 29.8 Å². The molecule has 27 heavy (non-hydrogen) atoms. The van der Waals surface area contributed by atoms with Crippen molar-refractivity contribution in [3.63, 3.8) is 0 Å². The van der Waals surface area contributed by atoms with Crippen molar-refractivity contribution in [1.29, 1.82) is 0 Å². The van der Waals surface area contributed by atoms with Crippen molar-refractivity contribution in [2.45, 2.75) is 20.8 Å². The van der Waals surface area contributed by atoms with E-state index in [0.717, 1.165) is 33.3 Å². The van der Waals surface area contributed by atoms with Gasteiger partial charge in [0.1, 0.15) is 17.4 Å². The zero-order valence-electron chi connectivity index (χ0n) is 15.5. The molecule has 0 atom stereocenters. The fourth-order valence-electron chi connectivity index (χ4n) is 3.37. The molecule has 2 N–H and O–H groups in total. The molecule has 0 spiro atoms. The Morgan fingerprint density at radius 1 is 1.07 bits per heavy atom. The molecular weight excluding hydrogens is 340 g/mol. The summed E-state index contributed by atoms with van der Waals surface area (Å²) in [5.41, 5.74) is 6.14. The quantitative estimate of drug-likeness (QED) is 0.565. The number of furan rings is 1. The van der Waals surface area contributed by atoms with Gasteiger partial charge in [-0.3, -0.25) is 4.79 Å². The average molecular weight is 360 g/mol. The first-order valence-electron chi connectivity index (χ1n) is 8.77. The van der Waals surface area contributed by atoms with Gasteiger partial charge in [-0.05, 0) is 44.0 Å². The Morgan fingerprint density at radius 3 is 2.59 bits per heavy atom. The number of hydrogen-bond acceptors (Lipinski definition) is 5. The maximum Gasteiger partial charge on any atom is 0.243 e. The molecule has 2 heterocycles. The van der Waals surface area contributed by atoms with E-state index in [9.17, 15) is 4.79 Å². The zero-order chi connectivity index (χ0) is 19.0. The van der Waals surface area contributed by atoms with Gasteiger partial charge in [0.05, 0.1) is 6.54 Å². The van der Waals surface area contributed by atoms with Gasteiger partial charge in [-0.2, -0.15) is 0 Å². The molecule has 2 aromatic heterocycles. The van der Waals surface area contributed by atoms with Gasteiger partial charge in [-0.25, -0.2) is 9.97 Å². The maximum absolute atomic E-state index is 12.4. The SMILES string of the molecule is Cc1cc(C)c(NC(=O)CNc2ncnc3c2oc2ccccc23)c(C)c1. The fraction of sp³-hybridized carbons (Fsp3) is 0.190. The van der Waals surface area contributed by atoms with E-state index in [1.54, 1.807) is 0 Å². The fourth-order valence-corrected chi connectivity index (χ4v) is 3.37. The van der Waals surface area contributed by atoms with Crippen molar-refractivity contribution in [1.82, 2.24) is 9.97 Å². The lowest BCUT2D eigenvalue weighted by atomic mass is 10.1. The second-order valence-electron chi connectivity index (χ2n) is 6.67. The molecule has 0 aliphatic rings. The highest BCUT2D eigenvalue weighted by Crippen LogP contribution is 2.30. The van der Waals surface area contributed by atoms with Crippen LogP contribution in [0.1, 0.15) is 16.7 Å². The number of nitrogens with one attached hydrogen (secondary N) is 2. The molecule has 1 amide bonds. The van der Waals surface area contributed by atoms with Crippen LogP contribution in [-0.2, 0) is 4.79 Å². The predicted molar refractivity (Wildman–Crippen MR) is 107 cm³/mol. The maximum atomic E-state index is 12.4. The van der Waals surface area contributed by atoms with Crippen molar-refractivity contribution < 1.29 is 9.21 Å². The lowest BCUT2D eigenvalue weighted by molar-refractivity contribution is -0.114. The summed E-state index contributed by atoms with van der Waals surface area (Å²) in [5.74, 6) is 0.358. The van der Waals surface area contributed by atoms with Gasteiger partial charge in [0.15, 0.2) is 11.4 Å². The van der Waals surface area contributed by atoms with E-state index in [0.29, 0.717) is 11.4 Å². The number of fused-ring (bicyclic) bond motifs is 3. The van der Waals surface area contributed by atoms with Crippen molar-refractivity contribution in [2.24, 2.45) is 0 Å². The molecule has 4 rings (SSSR count). The summed E-state index contributed by atoms with van der Waals surface area (Å²) >= 11 is 0. The van der Waals surface area contributed by atoms with Crippen molar-refractivity contribution >= 4 is 39.5 Å². The van der Waals surface area contributed by atoms with E-state index in [4.69, 9.17) is 4.42 Å². The first-order chi connectivity index (χ1) is 13.0. The Hall–Kier alpha value is -3.41. The van der Waals surface area contributed by atoms with Crippen LogP contribution >= 0.6 is 0 Å². The Balaban J connectivity index is 1.54. The number of amides is 1. The second kappa shape index (κ2) is 6.72. The minimum atomic E-state index is -0.145. The third-order valence-corrected chi connectivity index (χ3v) is 4.52. The highest BCUT2D eigenvalue weighted by Gasteiger charge is 2.14. The first-order valence-corrected chi connectivity index (χ1v) is 8.77. The summed E-state index contributed by atoms with van der Waals surface area (Å²) in [4.78, 5) is 21.0. The Morgan fingerprint density at radius 2 is 1.81 bits per heavy atom. The van der Waals surface area contributed by atoms with Crippen LogP contribution in [0.5, 0.6) is 0 Å². The molecule has 0 fully saturated rings. The van der Waals surface area contributed by atoms with Gasteiger partial charge in [0.25, 0.3) is 0 Å².